The van der Waals surface area contributed by atoms with Crippen molar-refractivity contribution < 1.29 is 27.4 Å². The Hall–Kier alpha value is -2.97. The fourth-order valence-corrected chi connectivity index (χ4v) is 3.85. The molecule has 0 aliphatic rings. The van der Waals surface area contributed by atoms with Crippen LogP contribution in [0, 0.1) is 19.3 Å². The molecule has 1 atom stereocenters. The number of alkyl carbamates (subject to hydrolysis) is 1. The third kappa shape index (κ3) is 8.33. The van der Waals surface area contributed by atoms with E-state index >= 15 is 0 Å². The van der Waals surface area contributed by atoms with E-state index in [0.717, 1.165) is 6.07 Å². The predicted octanol–water partition coefficient (Wildman–Crippen LogP) is 6.67. The SMILES string of the molecule is Cc1cccc(C)c1-c1nc(N)cc(OC[C@@H](CC(C)(C)C)NC(=O)OC(C)(C)C)c1C(F)(F)F. The number of pyridine rings is 1. The molecule has 0 aliphatic heterocycles. The number of anilines is 1. The van der Waals surface area contributed by atoms with Gasteiger partial charge in [0.2, 0.25) is 0 Å². The number of hydrogen-bond acceptors (Lipinski definition) is 5. The topological polar surface area (TPSA) is 86.5 Å². The number of carbonyl (C=O) groups is 1. The van der Waals surface area contributed by atoms with Crippen LogP contribution in [0.2, 0.25) is 0 Å². The number of nitrogens with two attached hydrogens (primary N) is 1. The molecule has 0 aliphatic carbocycles. The number of rotatable bonds is 6. The van der Waals surface area contributed by atoms with Gasteiger partial charge in [-0.15, -0.1) is 0 Å². The summed E-state index contributed by atoms with van der Waals surface area (Å²) >= 11 is 0. The first-order valence-electron chi connectivity index (χ1n) is 11.4. The van der Waals surface area contributed by atoms with Crippen LogP contribution in [0.1, 0.15) is 64.7 Å². The van der Waals surface area contributed by atoms with Crippen LogP contribution in [0.5, 0.6) is 5.75 Å². The number of benzene rings is 1. The van der Waals surface area contributed by atoms with Crippen LogP contribution in [0.4, 0.5) is 23.8 Å². The van der Waals surface area contributed by atoms with Gasteiger partial charge < -0.3 is 20.5 Å². The van der Waals surface area contributed by atoms with E-state index in [4.69, 9.17) is 15.2 Å². The molecule has 0 spiro atoms. The van der Waals surface area contributed by atoms with E-state index < -0.39 is 35.2 Å². The second-order valence-corrected chi connectivity index (χ2v) is 11.0. The smallest absolute Gasteiger partial charge is 0.422 e. The van der Waals surface area contributed by atoms with Crippen LogP contribution in [-0.4, -0.2) is 29.3 Å². The van der Waals surface area contributed by atoms with Crippen molar-refractivity contribution in [3.05, 3.63) is 41.0 Å². The Labute approximate surface area is 205 Å². The molecule has 35 heavy (non-hydrogen) atoms. The molecule has 1 aromatic carbocycles. The molecule has 0 saturated carbocycles. The monoisotopic (exact) mass is 495 g/mol. The minimum Gasteiger partial charge on any atom is -0.491 e. The van der Waals surface area contributed by atoms with Crippen molar-refractivity contribution in [2.24, 2.45) is 5.41 Å². The average Bonchev–Trinajstić information content (AvgIpc) is 2.61. The van der Waals surface area contributed by atoms with Crippen LogP contribution < -0.4 is 15.8 Å². The number of nitrogens with one attached hydrogen (secondary N) is 1. The summed E-state index contributed by atoms with van der Waals surface area (Å²) in [4.78, 5) is 16.4. The number of nitrogens with zero attached hydrogens (tertiary/aromatic N) is 1. The molecular weight excluding hydrogens is 459 g/mol. The van der Waals surface area contributed by atoms with Crippen molar-refractivity contribution in [1.29, 1.82) is 0 Å². The van der Waals surface area contributed by atoms with Crippen molar-refractivity contribution in [1.82, 2.24) is 10.3 Å². The Kier molecular flexibility index (Phi) is 8.35. The number of amides is 1. The summed E-state index contributed by atoms with van der Waals surface area (Å²) in [7, 11) is 0. The number of ether oxygens (including phenoxy) is 2. The van der Waals surface area contributed by atoms with E-state index in [0.29, 0.717) is 23.1 Å². The number of alkyl halides is 3. The van der Waals surface area contributed by atoms with Gasteiger partial charge in [-0.2, -0.15) is 13.2 Å². The second kappa shape index (κ2) is 10.3. The Balaban J connectivity index is 2.48. The summed E-state index contributed by atoms with van der Waals surface area (Å²) in [6.07, 6.45) is -4.98. The highest BCUT2D eigenvalue weighted by Crippen LogP contribution is 2.44. The van der Waals surface area contributed by atoms with E-state index in [1.54, 1.807) is 52.8 Å². The zero-order valence-corrected chi connectivity index (χ0v) is 21.7. The number of aromatic nitrogens is 1. The zero-order valence-electron chi connectivity index (χ0n) is 21.7. The summed E-state index contributed by atoms with van der Waals surface area (Å²) in [5.41, 5.74) is 5.30. The molecule has 9 heteroatoms. The lowest BCUT2D eigenvalue weighted by molar-refractivity contribution is -0.138. The highest BCUT2D eigenvalue weighted by atomic mass is 19.4. The van der Waals surface area contributed by atoms with Crippen LogP contribution in [-0.2, 0) is 10.9 Å². The van der Waals surface area contributed by atoms with Gasteiger partial charge in [0.25, 0.3) is 0 Å². The van der Waals surface area contributed by atoms with E-state index in [1.165, 1.54) is 0 Å². The molecule has 2 rings (SSSR count). The van der Waals surface area contributed by atoms with Crippen molar-refractivity contribution in [2.45, 2.75) is 79.6 Å². The van der Waals surface area contributed by atoms with Gasteiger partial charge in [0.1, 0.15) is 29.3 Å². The first-order valence-corrected chi connectivity index (χ1v) is 11.4. The highest BCUT2D eigenvalue weighted by molar-refractivity contribution is 5.74. The lowest BCUT2D eigenvalue weighted by atomic mass is 9.88. The summed E-state index contributed by atoms with van der Waals surface area (Å²) in [6, 6.07) is 5.67. The fraction of sp³-hybridized carbons (Fsp3) is 0.538. The average molecular weight is 496 g/mol. The number of aryl methyl sites for hydroxylation is 2. The second-order valence-electron chi connectivity index (χ2n) is 11.0. The Morgan fingerprint density at radius 2 is 1.66 bits per heavy atom. The van der Waals surface area contributed by atoms with Crippen molar-refractivity contribution in [2.75, 3.05) is 12.3 Å². The first kappa shape index (κ1) is 28.3. The van der Waals surface area contributed by atoms with Gasteiger partial charge >= 0.3 is 12.3 Å². The van der Waals surface area contributed by atoms with Crippen LogP contribution >= 0.6 is 0 Å². The molecule has 1 amide bonds. The molecule has 6 nitrogen and oxygen atoms in total. The van der Waals surface area contributed by atoms with Gasteiger partial charge in [-0.1, -0.05) is 39.0 Å². The number of nitrogen functional groups attached to an aromatic ring is 1. The lowest BCUT2D eigenvalue weighted by Crippen LogP contribution is -2.44. The minimum absolute atomic E-state index is 0.0990. The summed E-state index contributed by atoms with van der Waals surface area (Å²) in [5.74, 6) is -0.536. The van der Waals surface area contributed by atoms with Gasteiger partial charge in [0.05, 0.1) is 11.7 Å². The third-order valence-electron chi connectivity index (χ3n) is 5.02. The predicted molar refractivity (Wildman–Crippen MR) is 131 cm³/mol. The zero-order chi connectivity index (χ0) is 26.8. The Morgan fingerprint density at radius 1 is 1.09 bits per heavy atom. The van der Waals surface area contributed by atoms with Crippen molar-refractivity contribution >= 4 is 11.9 Å². The largest absolute Gasteiger partial charge is 0.491 e. The number of hydrogen-bond donors (Lipinski definition) is 2. The lowest BCUT2D eigenvalue weighted by Gasteiger charge is -2.29. The molecule has 0 fully saturated rings. The normalized spacial score (nSPS) is 13.3. The van der Waals surface area contributed by atoms with Crippen molar-refractivity contribution in [3.63, 3.8) is 0 Å². The van der Waals surface area contributed by atoms with E-state index in [-0.39, 0.29) is 23.5 Å². The van der Waals surface area contributed by atoms with Gasteiger partial charge in [0.15, 0.2) is 0 Å². The Bertz CT molecular complexity index is 1030. The molecular formula is C26H36F3N3O3. The molecule has 3 N–H and O–H groups in total. The number of carbonyl (C=O) groups excluding carboxylic acids is 1. The van der Waals surface area contributed by atoms with Crippen LogP contribution in [0.15, 0.2) is 24.3 Å². The molecule has 1 aromatic heterocycles. The summed E-state index contributed by atoms with van der Waals surface area (Å²) < 4.78 is 54.0. The van der Waals surface area contributed by atoms with Gasteiger partial charge in [-0.05, 0) is 57.6 Å². The Morgan fingerprint density at radius 3 is 2.14 bits per heavy atom. The van der Waals surface area contributed by atoms with Crippen LogP contribution in [0.3, 0.4) is 0 Å². The van der Waals surface area contributed by atoms with Gasteiger partial charge in [0, 0.05) is 11.6 Å². The first-order chi connectivity index (χ1) is 15.9. The molecule has 0 unspecified atom stereocenters. The van der Waals surface area contributed by atoms with Gasteiger partial charge in [-0.25, -0.2) is 9.78 Å². The van der Waals surface area contributed by atoms with Crippen molar-refractivity contribution in [3.8, 4) is 17.0 Å². The maximum Gasteiger partial charge on any atom is 0.422 e. The quantitative estimate of drug-likeness (QED) is 0.467. The molecule has 194 valence electrons. The third-order valence-corrected chi connectivity index (χ3v) is 5.02. The summed E-state index contributed by atoms with van der Waals surface area (Å²) in [5, 5.41) is 2.72. The van der Waals surface area contributed by atoms with Crippen LogP contribution in [0.25, 0.3) is 11.3 Å². The molecule has 2 aromatic rings. The maximum atomic E-state index is 14.3. The number of halogens is 3. The highest BCUT2D eigenvalue weighted by Gasteiger charge is 2.40. The molecule has 0 bridgehead atoms. The standard InChI is InChI=1S/C26H36F3N3O3/c1-15-10-9-11-16(2)20(15)22-21(26(27,28)29)18(12-19(30)32-22)34-14-17(13-24(3,4)5)31-23(33)35-25(6,7)8/h9-12,17H,13-14H2,1-8H3,(H2,30,32)(H,31,33)/t17-/m1/s1. The van der Waals surface area contributed by atoms with E-state index in [1.807, 2.05) is 20.8 Å². The fourth-order valence-electron chi connectivity index (χ4n) is 3.85. The molecule has 0 radical (unpaired) electrons. The maximum absolute atomic E-state index is 14.3. The van der Waals surface area contributed by atoms with E-state index in [2.05, 4.69) is 10.3 Å². The molecule has 1 heterocycles. The van der Waals surface area contributed by atoms with Gasteiger partial charge in [-0.3, -0.25) is 0 Å². The van der Waals surface area contributed by atoms with E-state index in [9.17, 15) is 18.0 Å². The minimum atomic E-state index is -4.75. The summed E-state index contributed by atoms with van der Waals surface area (Å²) in [6.45, 7) is 14.3. The molecule has 0 saturated heterocycles.